The number of aryl methyl sites for hydroxylation is 1. The van der Waals surface area contributed by atoms with Gasteiger partial charge in [0, 0.05) is 18.8 Å². The molecule has 0 aliphatic carbocycles. The molecule has 5 heteroatoms. The van der Waals surface area contributed by atoms with Crippen molar-refractivity contribution in [3.63, 3.8) is 0 Å². The molecule has 1 N–H and O–H groups in total. The Hall–Kier alpha value is -1.62. The second-order valence-corrected chi connectivity index (χ2v) is 4.35. The zero-order valence-corrected chi connectivity index (χ0v) is 10.5. The molecule has 17 heavy (non-hydrogen) atoms. The second-order valence-electron chi connectivity index (χ2n) is 4.35. The van der Waals surface area contributed by atoms with Crippen LogP contribution in [0.4, 0.5) is 0 Å². The Bertz CT molecular complexity index is 472. The van der Waals surface area contributed by atoms with Gasteiger partial charge in [-0.2, -0.15) is 0 Å². The van der Waals surface area contributed by atoms with E-state index >= 15 is 0 Å². The highest BCUT2D eigenvalue weighted by atomic mass is 16.4. The van der Waals surface area contributed by atoms with Crippen molar-refractivity contribution in [3.8, 4) is 0 Å². The van der Waals surface area contributed by atoms with Crippen LogP contribution in [-0.2, 0) is 13.1 Å². The molecule has 0 amide bonds. The molecular formula is C12H18N4O. The molecule has 2 rings (SSSR count). The highest BCUT2D eigenvalue weighted by Gasteiger charge is 2.05. The fraction of sp³-hybridized carbons (Fsp3) is 0.500. The monoisotopic (exact) mass is 234 g/mol. The molecule has 0 spiro atoms. The Morgan fingerprint density at radius 1 is 1.35 bits per heavy atom. The molecule has 0 aliphatic heterocycles. The summed E-state index contributed by atoms with van der Waals surface area (Å²) in [5, 5.41) is 3.30. The predicted octanol–water partition coefficient (Wildman–Crippen LogP) is 2.05. The maximum Gasteiger partial charge on any atom is 0.208 e. The summed E-state index contributed by atoms with van der Waals surface area (Å²) in [6.07, 6.45) is 5.47. The topological polar surface area (TPSA) is 55.9 Å². The third-order valence-electron chi connectivity index (χ3n) is 2.55. The molecule has 0 aromatic carbocycles. The first-order valence-electron chi connectivity index (χ1n) is 5.79. The molecular weight excluding hydrogens is 216 g/mol. The standard InChI is InChI=1S/C12H18N4O/c1-9(2)16-8-14-6-11(16)5-13-7-12-15-4-10(3)17-12/h4,6,8-9,13H,5,7H2,1-3H3. The van der Waals surface area contributed by atoms with Crippen molar-refractivity contribution < 1.29 is 4.42 Å². The quantitative estimate of drug-likeness (QED) is 0.860. The van der Waals surface area contributed by atoms with E-state index in [0.717, 1.165) is 18.2 Å². The van der Waals surface area contributed by atoms with Crippen LogP contribution in [0.2, 0.25) is 0 Å². The molecule has 0 saturated carbocycles. The number of nitrogens with one attached hydrogen (secondary N) is 1. The number of rotatable bonds is 5. The largest absolute Gasteiger partial charge is 0.445 e. The van der Waals surface area contributed by atoms with Crippen molar-refractivity contribution in [3.05, 3.63) is 36.1 Å². The first-order chi connectivity index (χ1) is 8.16. The van der Waals surface area contributed by atoms with Crippen molar-refractivity contribution in [2.75, 3.05) is 0 Å². The number of imidazole rings is 1. The van der Waals surface area contributed by atoms with E-state index in [9.17, 15) is 0 Å². The summed E-state index contributed by atoms with van der Waals surface area (Å²) in [7, 11) is 0. The van der Waals surface area contributed by atoms with Crippen LogP contribution in [0.3, 0.4) is 0 Å². The fourth-order valence-electron chi connectivity index (χ4n) is 1.71. The van der Waals surface area contributed by atoms with E-state index in [1.807, 2.05) is 19.4 Å². The molecule has 0 fully saturated rings. The number of hydrogen-bond donors (Lipinski definition) is 1. The van der Waals surface area contributed by atoms with E-state index in [4.69, 9.17) is 4.42 Å². The summed E-state index contributed by atoms with van der Waals surface area (Å²) >= 11 is 0. The highest BCUT2D eigenvalue weighted by molar-refractivity contribution is 4.99. The minimum Gasteiger partial charge on any atom is -0.445 e. The molecule has 5 nitrogen and oxygen atoms in total. The SMILES string of the molecule is Cc1cnc(CNCc2cncn2C(C)C)o1. The molecule has 0 radical (unpaired) electrons. The normalized spacial score (nSPS) is 11.3. The first kappa shape index (κ1) is 11.9. The van der Waals surface area contributed by atoms with Gasteiger partial charge in [0.15, 0.2) is 0 Å². The average Bonchev–Trinajstić information content (AvgIpc) is 2.87. The van der Waals surface area contributed by atoms with Gasteiger partial charge in [-0.05, 0) is 20.8 Å². The molecule has 2 aromatic rings. The van der Waals surface area contributed by atoms with Crippen LogP contribution in [-0.4, -0.2) is 14.5 Å². The van der Waals surface area contributed by atoms with Gasteiger partial charge in [0.2, 0.25) is 5.89 Å². The molecule has 0 aliphatic rings. The van der Waals surface area contributed by atoms with E-state index < -0.39 is 0 Å². The predicted molar refractivity (Wildman–Crippen MR) is 64.4 cm³/mol. The van der Waals surface area contributed by atoms with Crippen molar-refractivity contribution in [2.45, 2.75) is 39.9 Å². The van der Waals surface area contributed by atoms with Crippen LogP contribution >= 0.6 is 0 Å². The van der Waals surface area contributed by atoms with Gasteiger partial charge < -0.3 is 14.3 Å². The van der Waals surface area contributed by atoms with Gasteiger partial charge in [-0.25, -0.2) is 9.97 Å². The summed E-state index contributed by atoms with van der Waals surface area (Å²) in [6, 6.07) is 0.429. The molecule has 2 aromatic heterocycles. The summed E-state index contributed by atoms with van der Waals surface area (Å²) < 4.78 is 7.53. The number of aromatic nitrogens is 3. The number of hydrogen-bond acceptors (Lipinski definition) is 4. The lowest BCUT2D eigenvalue weighted by Gasteiger charge is -2.11. The Morgan fingerprint density at radius 3 is 2.82 bits per heavy atom. The fourth-order valence-corrected chi connectivity index (χ4v) is 1.71. The lowest BCUT2D eigenvalue weighted by molar-refractivity contribution is 0.444. The molecule has 0 atom stereocenters. The van der Waals surface area contributed by atoms with Crippen molar-refractivity contribution in [2.24, 2.45) is 0 Å². The third kappa shape index (κ3) is 2.94. The molecule has 0 bridgehead atoms. The highest BCUT2D eigenvalue weighted by Crippen LogP contribution is 2.08. The maximum absolute atomic E-state index is 5.38. The summed E-state index contributed by atoms with van der Waals surface area (Å²) in [5.74, 6) is 1.56. The molecule has 92 valence electrons. The van der Waals surface area contributed by atoms with E-state index in [0.29, 0.717) is 12.6 Å². The summed E-state index contributed by atoms with van der Waals surface area (Å²) in [6.45, 7) is 7.58. The minimum atomic E-state index is 0.429. The van der Waals surface area contributed by atoms with Gasteiger partial charge in [0.1, 0.15) is 5.76 Å². The van der Waals surface area contributed by atoms with Crippen molar-refractivity contribution in [1.82, 2.24) is 19.9 Å². The van der Waals surface area contributed by atoms with Gasteiger partial charge in [0.25, 0.3) is 0 Å². The minimum absolute atomic E-state index is 0.429. The lowest BCUT2D eigenvalue weighted by atomic mass is 10.3. The van der Waals surface area contributed by atoms with E-state index in [1.54, 1.807) is 6.20 Å². The van der Waals surface area contributed by atoms with Crippen LogP contribution in [0.15, 0.2) is 23.1 Å². The number of oxazole rings is 1. The van der Waals surface area contributed by atoms with E-state index in [1.165, 1.54) is 5.69 Å². The van der Waals surface area contributed by atoms with E-state index in [-0.39, 0.29) is 0 Å². The van der Waals surface area contributed by atoms with Crippen molar-refractivity contribution >= 4 is 0 Å². The van der Waals surface area contributed by atoms with Crippen LogP contribution < -0.4 is 5.32 Å². The summed E-state index contributed by atoms with van der Waals surface area (Å²) in [5.41, 5.74) is 1.17. The van der Waals surface area contributed by atoms with E-state index in [2.05, 4.69) is 33.7 Å². The van der Waals surface area contributed by atoms with Gasteiger partial charge in [0.05, 0.1) is 24.8 Å². The maximum atomic E-state index is 5.38. The summed E-state index contributed by atoms with van der Waals surface area (Å²) in [4.78, 5) is 8.30. The molecule has 0 saturated heterocycles. The van der Waals surface area contributed by atoms with Gasteiger partial charge in [-0.15, -0.1) is 0 Å². The number of nitrogens with zero attached hydrogens (tertiary/aromatic N) is 3. The van der Waals surface area contributed by atoms with Gasteiger partial charge >= 0.3 is 0 Å². The Morgan fingerprint density at radius 2 is 2.18 bits per heavy atom. The molecule has 0 unspecified atom stereocenters. The Balaban J connectivity index is 1.88. The Kier molecular flexibility index (Phi) is 3.58. The average molecular weight is 234 g/mol. The zero-order chi connectivity index (χ0) is 12.3. The first-order valence-corrected chi connectivity index (χ1v) is 5.79. The molecule has 2 heterocycles. The smallest absolute Gasteiger partial charge is 0.208 e. The van der Waals surface area contributed by atoms with Gasteiger partial charge in [-0.1, -0.05) is 0 Å². The van der Waals surface area contributed by atoms with Gasteiger partial charge in [-0.3, -0.25) is 0 Å². The zero-order valence-electron chi connectivity index (χ0n) is 10.5. The van der Waals surface area contributed by atoms with Crippen LogP contribution in [0.25, 0.3) is 0 Å². The van der Waals surface area contributed by atoms with Crippen LogP contribution in [0, 0.1) is 6.92 Å². The van der Waals surface area contributed by atoms with Crippen LogP contribution in [0.5, 0.6) is 0 Å². The third-order valence-corrected chi connectivity index (χ3v) is 2.55. The lowest BCUT2D eigenvalue weighted by Crippen LogP contribution is -2.16. The Labute approximate surface area is 101 Å². The second kappa shape index (κ2) is 5.14. The van der Waals surface area contributed by atoms with Crippen LogP contribution in [0.1, 0.15) is 37.2 Å². The van der Waals surface area contributed by atoms with Crippen molar-refractivity contribution in [1.29, 1.82) is 0 Å².